The predicted molar refractivity (Wildman–Crippen MR) is 142 cm³/mol. The first-order valence-corrected chi connectivity index (χ1v) is 12.4. The summed E-state index contributed by atoms with van der Waals surface area (Å²) in [5.74, 6) is -0.114. The fourth-order valence-corrected chi connectivity index (χ4v) is 4.90. The number of nitrogens with zero attached hydrogens (tertiary/aromatic N) is 4. The Kier molecular flexibility index (Phi) is 7.18. The van der Waals surface area contributed by atoms with Crippen molar-refractivity contribution in [2.45, 2.75) is 26.2 Å². The summed E-state index contributed by atoms with van der Waals surface area (Å²) in [4.78, 5) is 20.0. The van der Waals surface area contributed by atoms with Gasteiger partial charge in [-0.1, -0.05) is 42.5 Å². The number of anilines is 1. The van der Waals surface area contributed by atoms with Crippen LogP contribution in [0.3, 0.4) is 0 Å². The number of hydrogen-bond donors (Lipinski definition) is 1. The molecule has 0 radical (unpaired) electrons. The van der Waals surface area contributed by atoms with Gasteiger partial charge in [-0.25, -0.2) is 9.37 Å². The zero-order chi connectivity index (χ0) is 24.9. The van der Waals surface area contributed by atoms with Crippen LogP contribution in [0.25, 0.3) is 5.65 Å². The van der Waals surface area contributed by atoms with E-state index in [4.69, 9.17) is 0 Å². The van der Waals surface area contributed by atoms with E-state index >= 15 is 0 Å². The van der Waals surface area contributed by atoms with E-state index in [9.17, 15) is 9.18 Å². The van der Waals surface area contributed by atoms with Gasteiger partial charge < -0.3 is 4.90 Å². The van der Waals surface area contributed by atoms with Crippen molar-refractivity contribution in [3.05, 3.63) is 112 Å². The standard InChI is InChI=1S/C29H30FN5O/c1-21-24(29(36)35-17-8-7-13-27(35)31-21)16-20-34-18-14-22(15-19-34)28(25-11-5-6-12-26(25)30)33-32-23-9-3-2-4-10-23/h2-13,17,22,32H,14-16,18-20H2,1H3. The number of piperidine rings is 1. The van der Waals surface area contributed by atoms with Gasteiger partial charge in [0, 0.05) is 35.5 Å². The van der Waals surface area contributed by atoms with Crippen LogP contribution < -0.4 is 11.0 Å². The Labute approximate surface area is 210 Å². The molecule has 2 aromatic heterocycles. The van der Waals surface area contributed by atoms with E-state index in [1.54, 1.807) is 22.7 Å². The van der Waals surface area contributed by atoms with Crippen molar-refractivity contribution >= 4 is 17.0 Å². The molecule has 1 aliphatic rings. The number of aromatic nitrogens is 2. The summed E-state index contributed by atoms with van der Waals surface area (Å²) in [6.07, 6.45) is 4.17. The summed E-state index contributed by atoms with van der Waals surface area (Å²) in [7, 11) is 0. The van der Waals surface area contributed by atoms with Crippen LogP contribution in [0.4, 0.5) is 10.1 Å². The lowest BCUT2D eigenvalue weighted by atomic mass is 9.87. The van der Waals surface area contributed by atoms with Crippen LogP contribution in [0.2, 0.25) is 0 Å². The third-order valence-corrected chi connectivity index (χ3v) is 6.92. The van der Waals surface area contributed by atoms with E-state index < -0.39 is 0 Å². The molecule has 0 atom stereocenters. The smallest absolute Gasteiger partial charge is 0.261 e. The van der Waals surface area contributed by atoms with Crippen molar-refractivity contribution in [1.29, 1.82) is 0 Å². The van der Waals surface area contributed by atoms with Gasteiger partial charge in [-0.3, -0.25) is 14.6 Å². The number of rotatable bonds is 7. The highest BCUT2D eigenvalue weighted by molar-refractivity contribution is 6.02. The molecule has 1 aliphatic heterocycles. The van der Waals surface area contributed by atoms with Gasteiger partial charge in [-0.2, -0.15) is 5.10 Å². The van der Waals surface area contributed by atoms with Crippen molar-refractivity contribution in [3.8, 4) is 0 Å². The van der Waals surface area contributed by atoms with Crippen molar-refractivity contribution in [1.82, 2.24) is 14.3 Å². The molecular weight excluding hydrogens is 453 g/mol. The lowest BCUT2D eigenvalue weighted by Gasteiger charge is -2.32. The van der Waals surface area contributed by atoms with Crippen molar-refractivity contribution in [2.75, 3.05) is 25.1 Å². The maximum absolute atomic E-state index is 14.7. The number of aryl methyl sites for hydroxylation is 1. The Balaban J connectivity index is 1.28. The van der Waals surface area contributed by atoms with Gasteiger partial charge in [0.05, 0.1) is 11.4 Å². The molecule has 0 bridgehead atoms. The predicted octanol–water partition coefficient (Wildman–Crippen LogP) is 4.91. The first-order chi connectivity index (χ1) is 17.6. The number of halogens is 1. The van der Waals surface area contributed by atoms with Crippen molar-refractivity contribution < 1.29 is 4.39 Å². The highest BCUT2D eigenvalue weighted by Gasteiger charge is 2.26. The minimum Gasteiger partial charge on any atom is -0.303 e. The zero-order valence-electron chi connectivity index (χ0n) is 20.4. The molecule has 2 aromatic carbocycles. The minimum absolute atomic E-state index is 0.00828. The molecule has 0 aliphatic carbocycles. The van der Waals surface area contributed by atoms with Crippen LogP contribution >= 0.6 is 0 Å². The second kappa shape index (κ2) is 10.8. The zero-order valence-corrected chi connectivity index (χ0v) is 20.4. The fraction of sp³-hybridized carbons (Fsp3) is 0.276. The highest BCUT2D eigenvalue weighted by atomic mass is 19.1. The topological polar surface area (TPSA) is 62.0 Å². The SMILES string of the molecule is Cc1nc2ccccn2c(=O)c1CCN1CCC(C(=NNc2ccccc2)c2ccccc2F)CC1. The average Bonchev–Trinajstić information content (AvgIpc) is 2.91. The molecule has 3 heterocycles. The van der Waals surface area contributed by atoms with Crippen LogP contribution in [0.1, 0.15) is 29.7 Å². The van der Waals surface area contributed by atoms with Crippen LogP contribution in [-0.4, -0.2) is 39.6 Å². The number of hydrogen-bond acceptors (Lipinski definition) is 5. The van der Waals surface area contributed by atoms with Crippen LogP contribution in [0, 0.1) is 18.7 Å². The van der Waals surface area contributed by atoms with Crippen LogP contribution in [-0.2, 0) is 6.42 Å². The van der Waals surface area contributed by atoms with Gasteiger partial charge in [0.1, 0.15) is 11.5 Å². The van der Waals surface area contributed by atoms with E-state index in [1.807, 2.05) is 61.5 Å². The van der Waals surface area contributed by atoms with Crippen LogP contribution in [0.15, 0.2) is 88.9 Å². The number of fused-ring (bicyclic) bond motifs is 1. The molecule has 5 rings (SSSR count). The van der Waals surface area contributed by atoms with E-state index in [-0.39, 0.29) is 17.3 Å². The monoisotopic (exact) mass is 483 g/mol. The molecule has 1 N–H and O–H groups in total. The summed E-state index contributed by atoms with van der Waals surface area (Å²) in [6, 6.07) is 22.2. The molecule has 1 saturated heterocycles. The lowest BCUT2D eigenvalue weighted by Crippen LogP contribution is -2.38. The summed E-state index contributed by atoms with van der Waals surface area (Å²) >= 11 is 0. The minimum atomic E-state index is -0.256. The van der Waals surface area contributed by atoms with Gasteiger partial charge in [0.15, 0.2) is 0 Å². The first-order valence-electron chi connectivity index (χ1n) is 12.4. The normalized spacial score (nSPS) is 15.3. The third-order valence-electron chi connectivity index (χ3n) is 6.92. The number of hydrazone groups is 1. The highest BCUT2D eigenvalue weighted by Crippen LogP contribution is 2.25. The molecule has 184 valence electrons. The number of para-hydroxylation sites is 1. The largest absolute Gasteiger partial charge is 0.303 e. The van der Waals surface area contributed by atoms with Crippen molar-refractivity contribution in [2.24, 2.45) is 11.0 Å². The molecule has 36 heavy (non-hydrogen) atoms. The molecular formula is C29H30FN5O. The summed E-state index contributed by atoms with van der Waals surface area (Å²) < 4.78 is 16.4. The molecule has 6 nitrogen and oxygen atoms in total. The van der Waals surface area contributed by atoms with Crippen LogP contribution in [0.5, 0.6) is 0 Å². The van der Waals surface area contributed by atoms with Gasteiger partial charge in [-0.05, 0) is 69.6 Å². The number of pyridine rings is 1. The second-order valence-electron chi connectivity index (χ2n) is 9.23. The van der Waals surface area contributed by atoms with E-state index in [1.165, 1.54) is 6.07 Å². The van der Waals surface area contributed by atoms with E-state index in [0.717, 1.165) is 55.1 Å². The van der Waals surface area contributed by atoms with Gasteiger partial charge in [-0.15, -0.1) is 0 Å². The fourth-order valence-electron chi connectivity index (χ4n) is 4.90. The number of benzene rings is 2. The summed E-state index contributed by atoms with van der Waals surface area (Å²) in [6.45, 7) is 4.43. The molecule has 7 heteroatoms. The molecule has 0 amide bonds. The maximum Gasteiger partial charge on any atom is 0.261 e. The summed E-state index contributed by atoms with van der Waals surface area (Å²) in [5.41, 5.74) is 7.53. The second-order valence-corrected chi connectivity index (χ2v) is 9.23. The molecule has 0 spiro atoms. The summed E-state index contributed by atoms with van der Waals surface area (Å²) in [5, 5.41) is 4.68. The number of likely N-dealkylation sites (tertiary alicyclic amines) is 1. The van der Waals surface area contributed by atoms with Gasteiger partial charge in [0.2, 0.25) is 0 Å². The van der Waals surface area contributed by atoms with Crippen molar-refractivity contribution in [3.63, 3.8) is 0 Å². The van der Waals surface area contributed by atoms with Gasteiger partial charge >= 0.3 is 0 Å². The Morgan fingerprint density at radius 2 is 1.75 bits per heavy atom. The maximum atomic E-state index is 14.7. The molecule has 0 saturated carbocycles. The quantitative estimate of drug-likeness (QED) is 0.300. The molecule has 1 fully saturated rings. The van der Waals surface area contributed by atoms with E-state index in [2.05, 4.69) is 20.4 Å². The van der Waals surface area contributed by atoms with E-state index in [0.29, 0.717) is 17.6 Å². The Morgan fingerprint density at radius 3 is 2.53 bits per heavy atom. The average molecular weight is 484 g/mol. The Bertz CT molecular complexity index is 1420. The third kappa shape index (κ3) is 5.21. The first kappa shape index (κ1) is 23.9. The Morgan fingerprint density at radius 1 is 1.03 bits per heavy atom. The number of nitrogens with one attached hydrogen (secondary N) is 1. The molecule has 0 unspecified atom stereocenters. The molecule has 4 aromatic rings. The van der Waals surface area contributed by atoms with Gasteiger partial charge in [0.25, 0.3) is 5.56 Å². The lowest BCUT2D eigenvalue weighted by molar-refractivity contribution is 0.211. The Hall–Kier alpha value is -3.84.